The third-order valence-electron chi connectivity index (χ3n) is 2.44. The van der Waals surface area contributed by atoms with Crippen molar-refractivity contribution in [2.45, 2.75) is 13.5 Å². The van der Waals surface area contributed by atoms with E-state index in [1.165, 1.54) is 4.68 Å². The topological polar surface area (TPSA) is 68.0 Å². The Kier molecular flexibility index (Phi) is 3.30. The lowest BCUT2D eigenvalue weighted by Gasteiger charge is -2.07. The molecule has 0 fully saturated rings. The number of pyridine rings is 1. The van der Waals surface area contributed by atoms with Crippen LogP contribution >= 0.6 is 0 Å². The molecule has 2 aromatic rings. The zero-order valence-corrected chi connectivity index (χ0v) is 9.50. The van der Waals surface area contributed by atoms with Gasteiger partial charge in [-0.25, -0.2) is 4.68 Å². The zero-order chi connectivity index (χ0) is 12.3. The third kappa shape index (κ3) is 2.39. The van der Waals surface area contributed by atoms with Crippen molar-refractivity contribution >= 4 is 0 Å². The smallest absolute Gasteiger partial charge is 0.269 e. The molecule has 0 aromatic carbocycles. The van der Waals surface area contributed by atoms with E-state index in [0.29, 0.717) is 11.3 Å². The van der Waals surface area contributed by atoms with Crippen molar-refractivity contribution in [1.82, 2.24) is 14.8 Å². The highest BCUT2D eigenvalue weighted by Crippen LogP contribution is 2.14. The van der Waals surface area contributed by atoms with Gasteiger partial charge in [0.25, 0.3) is 5.56 Å². The molecular weight excluding hydrogens is 218 g/mol. The summed E-state index contributed by atoms with van der Waals surface area (Å²) in [6.45, 7) is 1.84. The van der Waals surface area contributed by atoms with Crippen LogP contribution in [0.3, 0.4) is 0 Å². The van der Waals surface area contributed by atoms with Gasteiger partial charge in [0.1, 0.15) is 0 Å². The van der Waals surface area contributed by atoms with Crippen molar-refractivity contribution in [3.63, 3.8) is 0 Å². The van der Waals surface area contributed by atoms with Gasteiger partial charge < -0.3 is 5.11 Å². The van der Waals surface area contributed by atoms with Crippen LogP contribution in [0.15, 0.2) is 35.4 Å². The number of hydrogen-bond donors (Lipinski definition) is 1. The average molecular weight is 231 g/mol. The molecule has 0 radical (unpaired) electrons. The molecule has 0 spiro atoms. The number of hydrogen-bond acceptors (Lipinski definition) is 4. The Labute approximate surface area is 98.4 Å². The highest BCUT2D eigenvalue weighted by atomic mass is 16.3. The molecule has 0 saturated carbocycles. The lowest BCUT2D eigenvalue weighted by Crippen LogP contribution is -2.26. The standard InChI is InChI=1S/C12H13N3O2/c1-9-8-11(10-2-4-13-5-3-10)14-15(6-7-16)12(9)17/h2-5,8,16H,6-7H2,1H3. The van der Waals surface area contributed by atoms with Crippen LogP contribution in [-0.2, 0) is 6.54 Å². The summed E-state index contributed by atoms with van der Waals surface area (Å²) in [6, 6.07) is 5.40. The van der Waals surface area contributed by atoms with Crippen molar-refractivity contribution in [2.24, 2.45) is 0 Å². The predicted molar refractivity (Wildman–Crippen MR) is 63.6 cm³/mol. The minimum atomic E-state index is -0.170. The summed E-state index contributed by atoms with van der Waals surface area (Å²) in [5, 5.41) is 13.1. The van der Waals surface area contributed by atoms with Gasteiger partial charge in [-0.15, -0.1) is 0 Å². The monoisotopic (exact) mass is 231 g/mol. The summed E-state index contributed by atoms with van der Waals surface area (Å²) in [7, 11) is 0. The Morgan fingerprint density at radius 3 is 2.71 bits per heavy atom. The molecule has 0 aliphatic rings. The fourth-order valence-corrected chi connectivity index (χ4v) is 1.58. The van der Waals surface area contributed by atoms with E-state index in [1.807, 2.05) is 12.1 Å². The van der Waals surface area contributed by atoms with E-state index in [4.69, 9.17) is 5.11 Å². The summed E-state index contributed by atoms with van der Waals surface area (Å²) in [5.74, 6) is 0. The number of rotatable bonds is 3. The van der Waals surface area contributed by atoms with Gasteiger partial charge in [-0.1, -0.05) is 0 Å². The van der Waals surface area contributed by atoms with Crippen molar-refractivity contribution in [1.29, 1.82) is 0 Å². The first-order valence-corrected chi connectivity index (χ1v) is 5.32. The van der Waals surface area contributed by atoms with Crippen LogP contribution in [0.2, 0.25) is 0 Å². The molecule has 0 atom stereocenters. The van der Waals surface area contributed by atoms with E-state index in [1.54, 1.807) is 25.4 Å². The molecule has 0 unspecified atom stereocenters. The average Bonchev–Trinajstić information content (AvgIpc) is 2.36. The van der Waals surface area contributed by atoms with E-state index in [2.05, 4.69) is 10.1 Å². The molecule has 2 heterocycles. The molecule has 5 nitrogen and oxygen atoms in total. The number of aromatic nitrogens is 3. The summed E-state index contributed by atoms with van der Waals surface area (Å²) < 4.78 is 1.28. The molecule has 2 rings (SSSR count). The minimum Gasteiger partial charge on any atom is -0.394 e. The molecule has 17 heavy (non-hydrogen) atoms. The maximum absolute atomic E-state index is 11.7. The molecule has 1 N–H and O–H groups in total. The van der Waals surface area contributed by atoms with Crippen LogP contribution in [-0.4, -0.2) is 26.5 Å². The van der Waals surface area contributed by atoms with Gasteiger partial charge in [-0.2, -0.15) is 5.10 Å². The van der Waals surface area contributed by atoms with E-state index < -0.39 is 0 Å². The van der Waals surface area contributed by atoms with Crippen molar-refractivity contribution < 1.29 is 5.11 Å². The van der Waals surface area contributed by atoms with Crippen LogP contribution < -0.4 is 5.56 Å². The van der Waals surface area contributed by atoms with Crippen LogP contribution in [0.5, 0.6) is 0 Å². The third-order valence-corrected chi connectivity index (χ3v) is 2.44. The molecular formula is C12H13N3O2. The molecule has 0 bridgehead atoms. The van der Waals surface area contributed by atoms with Crippen molar-refractivity contribution in [3.8, 4) is 11.3 Å². The number of nitrogens with zero attached hydrogens (tertiary/aromatic N) is 3. The van der Waals surface area contributed by atoms with E-state index in [-0.39, 0.29) is 18.7 Å². The van der Waals surface area contributed by atoms with Crippen molar-refractivity contribution in [3.05, 3.63) is 46.5 Å². The maximum atomic E-state index is 11.7. The summed E-state index contributed by atoms with van der Waals surface area (Å²) in [6.07, 6.45) is 3.35. The number of aryl methyl sites for hydroxylation is 1. The zero-order valence-electron chi connectivity index (χ0n) is 9.50. The highest BCUT2D eigenvalue weighted by molar-refractivity contribution is 5.57. The largest absolute Gasteiger partial charge is 0.394 e. The fraction of sp³-hybridized carbons (Fsp3) is 0.250. The molecule has 0 amide bonds. The van der Waals surface area contributed by atoms with Gasteiger partial charge in [0.2, 0.25) is 0 Å². The lowest BCUT2D eigenvalue weighted by molar-refractivity contribution is 0.266. The molecule has 88 valence electrons. The van der Waals surface area contributed by atoms with Gasteiger partial charge in [0, 0.05) is 23.5 Å². The van der Waals surface area contributed by atoms with Gasteiger partial charge in [0.15, 0.2) is 0 Å². The second-order valence-corrected chi connectivity index (χ2v) is 3.70. The van der Waals surface area contributed by atoms with E-state index >= 15 is 0 Å². The van der Waals surface area contributed by atoms with Gasteiger partial charge in [-0.3, -0.25) is 9.78 Å². The Morgan fingerprint density at radius 2 is 2.06 bits per heavy atom. The summed E-state index contributed by atoms with van der Waals surface area (Å²) in [5.41, 5.74) is 2.05. The summed E-state index contributed by atoms with van der Waals surface area (Å²) in [4.78, 5) is 15.7. The van der Waals surface area contributed by atoms with Crippen LogP contribution in [0, 0.1) is 6.92 Å². The predicted octanol–water partition coefficient (Wildman–Crippen LogP) is 0.606. The number of aliphatic hydroxyl groups excluding tert-OH is 1. The molecule has 0 aliphatic heterocycles. The Balaban J connectivity index is 2.53. The highest BCUT2D eigenvalue weighted by Gasteiger charge is 2.06. The van der Waals surface area contributed by atoms with Crippen LogP contribution in [0.1, 0.15) is 5.56 Å². The SMILES string of the molecule is Cc1cc(-c2ccncc2)nn(CCO)c1=O. The molecule has 5 heteroatoms. The lowest BCUT2D eigenvalue weighted by atomic mass is 10.1. The molecule has 0 saturated heterocycles. The Bertz CT molecular complexity index is 564. The van der Waals surface area contributed by atoms with Crippen LogP contribution in [0.4, 0.5) is 0 Å². The normalized spacial score (nSPS) is 10.5. The van der Waals surface area contributed by atoms with Crippen molar-refractivity contribution in [2.75, 3.05) is 6.61 Å². The first-order chi connectivity index (χ1) is 8.22. The van der Waals surface area contributed by atoms with Gasteiger partial charge in [0.05, 0.1) is 18.8 Å². The fourth-order valence-electron chi connectivity index (χ4n) is 1.58. The first-order valence-electron chi connectivity index (χ1n) is 5.32. The van der Waals surface area contributed by atoms with Gasteiger partial charge >= 0.3 is 0 Å². The molecule has 0 aliphatic carbocycles. The Morgan fingerprint density at radius 1 is 1.35 bits per heavy atom. The summed E-state index contributed by atoms with van der Waals surface area (Å²) >= 11 is 0. The number of aliphatic hydroxyl groups is 1. The van der Waals surface area contributed by atoms with Gasteiger partial charge in [-0.05, 0) is 25.1 Å². The second kappa shape index (κ2) is 4.88. The second-order valence-electron chi connectivity index (χ2n) is 3.70. The maximum Gasteiger partial charge on any atom is 0.269 e. The molecule has 2 aromatic heterocycles. The van der Waals surface area contributed by atoms with Crippen LogP contribution in [0.25, 0.3) is 11.3 Å². The van der Waals surface area contributed by atoms with E-state index in [9.17, 15) is 4.79 Å². The van der Waals surface area contributed by atoms with E-state index in [0.717, 1.165) is 5.56 Å². The first kappa shape index (κ1) is 11.5. The quantitative estimate of drug-likeness (QED) is 0.840. The minimum absolute atomic E-state index is 0.105. The Hall–Kier alpha value is -2.01.